The van der Waals surface area contributed by atoms with Gasteiger partial charge in [0.15, 0.2) is 0 Å². The van der Waals surface area contributed by atoms with E-state index >= 15 is 0 Å². The van der Waals surface area contributed by atoms with Gasteiger partial charge in [-0.15, -0.1) is 0 Å². The van der Waals surface area contributed by atoms with E-state index < -0.39 is 0 Å². The van der Waals surface area contributed by atoms with Gasteiger partial charge in [0.05, 0.1) is 5.69 Å². The first kappa shape index (κ1) is 10.7. The first-order valence-electron chi connectivity index (χ1n) is 5.32. The number of rotatable bonds is 3. The molecule has 84 valence electrons. The van der Waals surface area contributed by atoms with Gasteiger partial charge in [0.1, 0.15) is 5.82 Å². The molecular formula is C12H16N4. The first-order chi connectivity index (χ1) is 7.65. The number of nitrogens with zero attached hydrogens (tertiary/aromatic N) is 3. The average molecular weight is 216 g/mol. The van der Waals surface area contributed by atoms with Gasteiger partial charge in [0.2, 0.25) is 0 Å². The monoisotopic (exact) mass is 216 g/mol. The minimum Gasteiger partial charge on any atom is -0.366 e. The SMILES string of the molecule is Cc1cccc(NCc2cn(C)nc2C)n1. The van der Waals surface area contributed by atoms with Crippen molar-refractivity contribution in [3.63, 3.8) is 0 Å². The van der Waals surface area contributed by atoms with Gasteiger partial charge in [0.25, 0.3) is 0 Å². The van der Waals surface area contributed by atoms with Crippen LogP contribution in [0.1, 0.15) is 17.0 Å². The predicted octanol–water partition coefficient (Wildman–Crippen LogP) is 2.04. The van der Waals surface area contributed by atoms with E-state index in [1.54, 1.807) is 0 Å². The van der Waals surface area contributed by atoms with Crippen molar-refractivity contribution in [2.75, 3.05) is 5.32 Å². The molecule has 0 unspecified atom stereocenters. The maximum absolute atomic E-state index is 4.39. The van der Waals surface area contributed by atoms with Crippen molar-refractivity contribution in [3.8, 4) is 0 Å². The van der Waals surface area contributed by atoms with Crippen LogP contribution in [0.25, 0.3) is 0 Å². The van der Waals surface area contributed by atoms with Crippen molar-refractivity contribution in [2.24, 2.45) is 7.05 Å². The van der Waals surface area contributed by atoms with Crippen LogP contribution in [0.2, 0.25) is 0 Å². The van der Waals surface area contributed by atoms with Crippen LogP contribution < -0.4 is 5.32 Å². The molecule has 2 heterocycles. The topological polar surface area (TPSA) is 42.7 Å². The van der Waals surface area contributed by atoms with Gasteiger partial charge in [-0.1, -0.05) is 6.07 Å². The average Bonchev–Trinajstić information content (AvgIpc) is 2.54. The Hall–Kier alpha value is -1.84. The van der Waals surface area contributed by atoms with Crippen LogP contribution in [0.15, 0.2) is 24.4 Å². The van der Waals surface area contributed by atoms with Crippen LogP contribution >= 0.6 is 0 Å². The molecule has 0 aliphatic rings. The summed E-state index contributed by atoms with van der Waals surface area (Å²) in [7, 11) is 1.93. The molecule has 0 saturated heterocycles. The molecule has 16 heavy (non-hydrogen) atoms. The fourth-order valence-electron chi connectivity index (χ4n) is 1.65. The summed E-state index contributed by atoms with van der Waals surface area (Å²) in [5, 5.41) is 7.59. The second kappa shape index (κ2) is 4.35. The molecule has 0 saturated carbocycles. The number of anilines is 1. The molecule has 2 aromatic rings. The van der Waals surface area contributed by atoms with Crippen LogP contribution in [-0.2, 0) is 13.6 Å². The molecule has 0 amide bonds. The van der Waals surface area contributed by atoms with E-state index in [1.807, 2.05) is 50.0 Å². The Balaban J connectivity index is 2.05. The summed E-state index contributed by atoms with van der Waals surface area (Å²) in [4.78, 5) is 4.39. The molecule has 4 heteroatoms. The number of hydrogen-bond acceptors (Lipinski definition) is 3. The lowest BCUT2D eigenvalue weighted by Crippen LogP contribution is -2.02. The molecular weight excluding hydrogens is 200 g/mol. The highest BCUT2D eigenvalue weighted by molar-refractivity contribution is 5.36. The standard InChI is InChI=1S/C12H16N4/c1-9-5-4-6-12(14-9)13-7-11-8-16(3)15-10(11)2/h4-6,8H,7H2,1-3H3,(H,13,14). The fourth-order valence-corrected chi connectivity index (χ4v) is 1.65. The first-order valence-corrected chi connectivity index (χ1v) is 5.32. The Labute approximate surface area is 95.3 Å². The van der Waals surface area contributed by atoms with Gasteiger partial charge < -0.3 is 5.32 Å². The summed E-state index contributed by atoms with van der Waals surface area (Å²) in [6.45, 7) is 4.76. The lowest BCUT2D eigenvalue weighted by molar-refractivity contribution is 0.756. The zero-order valence-electron chi connectivity index (χ0n) is 9.86. The second-order valence-corrected chi connectivity index (χ2v) is 3.93. The third-order valence-corrected chi connectivity index (χ3v) is 2.46. The lowest BCUT2D eigenvalue weighted by atomic mass is 10.2. The van der Waals surface area contributed by atoms with Crippen molar-refractivity contribution in [1.82, 2.24) is 14.8 Å². The molecule has 0 aromatic carbocycles. The van der Waals surface area contributed by atoms with E-state index in [0.29, 0.717) is 0 Å². The Morgan fingerprint density at radius 2 is 2.12 bits per heavy atom. The zero-order valence-corrected chi connectivity index (χ0v) is 9.86. The van der Waals surface area contributed by atoms with Crippen LogP contribution in [0.5, 0.6) is 0 Å². The number of nitrogens with one attached hydrogen (secondary N) is 1. The van der Waals surface area contributed by atoms with Gasteiger partial charge in [-0.25, -0.2) is 4.98 Å². The normalized spacial score (nSPS) is 10.4. The number of pyridine rings is 1. The molecule has 0 spiro atoms. The van der Waals surface area contributed by atoms with E-state index in [0.717, 1.165) is 23.8 Å². The summed E-state index contributed by atoms with van der Waals surface area (Å²) < 4.78 is 1.83. The van der Waals surface area contributed by atoms with E-state index in [2.05, 4.69) is 15.4 Å². The largest absolute Gasteiger partial charge is 0.366 e. The summed E-state index contributed by atoms with van der Waals surface area (Å²) in [6, 6.07) is 5.96. The molecule has 0 radical (unpaired) electrons. The van der Waals surface area contributed by atoms with Gasteiger partial charge in [-0.05, 0) is 26.0 Å². The van der Waals surface area contributed by atoms with E-state index in [9.17, 15) is 0 Å². The van der Waals surface area contributed by atoms with Crippen LogP contribution in [0.4, 0.5) is 5.82 Å². The van der Waals surface area contributed by atoms with Gasteiger partial charge in [-0.3, -0.25) is 4.68 Å². The summed E-state index contributed by atoms with van der Waals surface area (Å²) >= 11 is 0. The number of aryl methyl sites for hydroxylation is 3. The Bertz CT molecular complexity index is 488. The second-order valence-electron chi connectivity index (χ2n) is 3.93. The highest BCUT2D eigenvalue weighted by Gasteiger charge is 2.02. The molecule has 2 rings (SSSR count). The molecule has 0 bridgehead atoms. The summed E-state index contributed by atoms with van der Waals surface area (Å²) in [5.74, 6) is 0.906. The predicted molar refractivity (Wildman–Crippen MR) is 64.2 cm³/mol. The van der Waals surface area contributed by atoms with E-state index in [1.165, 1.54) is 5.56 Å². The Morgan fingerprint density at radius 1 is 1.31 bits per heavy atom. The third-order valence-electron chi connectivity index (χ3n) is 2.46. The smallest absolute Gasteiger partial charge is 0.126 e. The molecule has 0 aliphatic heterocycles. The molecule has 2 aromatic heterocycles. The van der Waals surface area contributed by atoms with Crippen molar-refractivity contribution >= 4 is 5.82 Å². The Kier molecular flexibility index (Phi) is 2.90. The van der Waals surface area contributed by atoms with E-state index in [4.69, 9.17) is 0 Å². The number of hydrogen-bond donors (Lipinski definition) is 1. The maximum atomic E-state index is 4.39. The summed E-state index contributed by atoms with van der Waals surface area (Å²) in [5.41, 5.74) is 3.28. The lowest BCUT2D eigenvalue weighted by Gasteiger charge is -2.04. The highest BCUT2D eigenvalue weighted by Crippen LogP contribution is 2.09. The third kappa shape index (κ3) is 2.39. The van der Waals surface area contributed by atoms with Crippen molar-refractivity contribution in [1.29, 1.82) is 0 Å². The molecule has 0 aliphatic carbocycles. The minimum absolute atomic E-state index is 0.760. The Morgan fingerprint density at radius 3 is 2.75 bits per heavy atom. The van der Waals surface area contributed by atoms with Crippen LogP contribution in [0.3, 0.4) is 0 Å². The van der Waals surface area contributed by atoms with Gasteiger partial charge in [0, 0.05) is 31.0 Å². The number of aromatic nitrogens is 3. The van der Waals surface area contributed by atoms with Crippen molar-refractivity contribution in [3.05, 3.63) is 41.3 Å². The quantitative estimate of drug-likeness (QED) is 0.853. The fraction of sp³-hybridized carbons (Fsp3) is 0.333. The highest BCUT2D eigenvalue weighted by atomic mass is 15.3. The van der Waals surface area contributed by atoms with Gasteiger partial charge >= 0.3 is 0 Å². The van der Waals surface area contributed by atoms with Crippen molar-refractivity contribution in [2.45, 2.75) is 20.4 Å². The van der Waals surface area contributed by atoms with Gasteiger partial charge in [-0.2, -0.15) is 5.10 Å². The summed E-state index contributed by atoms with van der Waals surface area (Å²) in [6.07, 6.45) is 2.03. The zero-order chi connectivity index (χ0) is 11.5. The molecule has 0 atom stereocenters. The van der Waals surface area contributed by atoms with Crippen LogP contribution in [-0.4, -0.2) is 14.8 Å². The van der Waals surface area contributed by atoms with Crippen LogP contribution in [0, 0.1) is 13.8 Å². The maximum Gasteiger partial charge on any atom is 0.126 e. The van der Waals surface area contributed by atoms with E-state index in [-0.39, 0.29) is 0 Å². The molecule has 1 N–H and O–H groups in total. The van der Waals surface area contributed by atoms with Crippen molar-refractivity contribution < 1.29 is 0 Å². The molecule has 0 fully saturated rings. The minimum atomic E-state index is 0.760. The molecule has 4 nitrogen and oxygen atoms in total.